The fourth-order valence-corrected chi connectivity index (χ4v) is 2.20. The number of hydrogen-bond acceptors (Lipinski definition) is 3. The molecular formula is C16H17N3O. The summed E-state index contributed by atoms with van der Waals surface area (Å²) < 4.78 is 7.03. The monoisotopic (exact) mass is 267 g/mol. The standard InChI is InChI=1S/C16H17N3O/c1-13(15-6-9-20-12-15)18-16-5-2-4-14(10-16)11-19-8-3-7-17-19/h2-10,12-13,18H,11H2,1H3. The van der Waals surface area contributed by atoms with Crippen LogP contribution in [-0.2, 0) is 6.54 Å². The van der Waals surface area contributed by atoms with Crippen LogP contribution >= 0.6 is 0 Å². The fraction of sp³-hybridized carbons (Fsp3) is 0.188. The Morgan fingerprint density at radius 1 is 1.30 bits per heavy atom. The van der Waals surface area contributed by atoms with E-state index in [0.29, 0.717) is 0 Å². The maximum Gasteiger partial charge on any atom is 0.0955 e. The Labute approximate surface area is 118 Å². The summed E-state index contributed by atoms with van der Waals surface area (Å²) in [6.45, 7) is 2.90. The predicted molar refractivity (Wildman–Crippen MR) is 78.5 cm³/mol. The normalized spacial score (nSPS) is 12.2. The van der Waals surface area contributed by atoms with Crippen LogP contribution in [0.15, 0.2) is 65.7 Å². The molecule has 4 heteroatoms. The van der Waals surface area contributed by atoms with Crippen molar-refractivity contribution in [2.24, 2.45) is 0 Å². The number of rotatable bonds is 5. The molecule has 4 nitrogen and oxygen atoms in total. The van der Waals surface area contributed by atoms with Crippen molar-refractivity contribution in [3.8, 4) is 0 Å². The van der Waals surface area contributed by atoms with Gasteiger partial charge in [-0.2, -0.15) is 5.10 Å². The van der Waals surface area contributed by atoms with Crippen LogP contribution in [0.2, 0.25) is 0 Å². The molecule has 3 rings (SSSR count). The first-order chi connectivity index (χ1) is 9.81. The molecule has 0 radical (unpaired) electrons. The quantitative estimate of drug-likeness (QED) is 0.766. The van der Waals surface area contributed by atoms with E-state index in [1.165, 1.54) is 5.56 Å². The van der Waals surface area contributed by atoms with Gasteiger partial charge in [0.25, 0.3) is 0 Å². The SMILES string of the molecule is CC(Nc1cccc(Cn2cccn2)c1)c1ccoc1. The number of benzene rings is 1. The van der Waals surface area contributed by atoms with Gasteiger partial charge in [-0.15, -0.1) is 0 Å². The molecule has 0 aliphatic carbocycles. The van der Waals surface area contributed by atoms with E-state index in [9.17, 15) is 0 Å². The summed E-state index contributed by atoms with van der Waals surface area (Å²) in [7, 11) is 0. The van der Waals surface area contributed by atoms with E-state index in [1.54, 1.807) is 18.7 Å². The van der Waals surface area contributed by atoms with Crippen molar-refractivity contribution in [3.63, 3.8) is 0 Å². The van der Waals surface area contributed by atoms with Gasteiger partial charge in [0.05, 0.1) is 25.1 Å². The molecule has 1 unspecified atom stereocenters. The van der Waals surface area contributed by atoms with Gasteiger partial charge in [0.1, 0.15) is 0 Å². The van der Waals surface area contributed by atoms with Gasteiger partial charge < -0.3 is 9.73 Å². The van der Waals surface area contributed by atoms with Crippen LogP contribution in [-0.4, -0.2) is 9.78 Å². The lowest BCUT2D eigenvalue weighted by Gasteiger charge is -2.14. The van der Waals surface area contributed by atoms with Crippen molar-refractivity contribution in [1.29, 1.82) is 0 Å². The minimum Gasteiger partial charge on any atom is -0.472 e. The second-order valence-electron chi connectivity index (χ2n) is 4.83. The maximum absolute atomic E-state index is 5.12. The molecule has 2 aromatic heterocycles. The zero-order valence-electron chi connectivity index (χ0n) is 11.4. The Balaban J connectivity index is 1.71. The van der Waals surface area contributed by atoms with Crippen molar-refractivity contribution in [1.82, 2.24) is 9.78 Å². The summed E-state index contributed by atoms with van der Waals surface area (Å²) in [4.78, 5) is 0. The Morgan fingerprint density at radius 2 is 2.25 bits per heavy atom. The largest absolute Gasteiger partial charge is 0.472 e. The second kappa shape index (κ2) is 5.65. The van der Waals surface area contributed by atoms with Gasteiger partial charge in [-0.05, 0) is 36.8 Å². The molecule has 1 N–H and O–H groups in total. The first-order valence-corrected chi connectivity index (χ1v) is 6.66. The van der Waals surface area contributed by atoms with Crippen molar-refractivity contribution in [2.45, 2.75) is 19.5 Å². The third kappa shape index (κ3) is 2.91. The summed E-state index contributed by atoms with van der Waals surface area (Å²) in [6.07, 6.45) is 7.23. The maximum atomic E-state index is 5.12. The van der Waals surface area contributed by atoms with Crippen molar-refractivity contribution < 1.29 is 4.42 Å². The van der Waals surface area contributed by atoms with Gasteiger partial charge >= 0.3 is 0 Å². The minimum atomic E-state index is 0.216. The van der Waals surface area contributed by atoms with Crippen LogP contribution in [0.4, 0.5) is 5.69 Å². The molecule has 3 aromatic rings. The van der Waals surface area contributed by atoms with Crippen LogP contribution in [0.25, 0.3) is 0 Å². The van der Waals surface area contributed by atoms with Gasteiger partial charge in [-0.3, -0.25) is 4.68 Å². The second-order valence-corrected chi connectivity index (χ2v) is 4.83. The van der Waals surface area contributed by atoms with Crippen molar-refractivity contribution in [3.05, 3.63) is 72.4 Å². The average Bonchev–Trinajstić information content (AvgIpc) is 3.12. The van der Waals surface area contributed by atoms with E-state index in [1.807, 2.05) is 23.0 Å². The number of nitrogens with zero attached hydrogens (tertiary/aromatic N) is 2. The van der Waals surface area contributed by atoms with Gasteiger partial charge in [0.2, 0.25) is 0 Å². The van der Waals surface area contributed by atoms with Gasteiger partial charge in [-0.1, -0.05) is 12.1 Å². The molecule has 0 amide bonds. The molecule has 102 valence electrons. The number of furan rings is 1. The van der Waals surface area contributed by atoms with Gasteiger partial charge in [0, 0.05) is 23.6 Å². The summed E-state index contributed by atoms with van der Waals surface area (Å²) in [6, 6.07) is 12.5. The molecule has 0 aliphatic heterocycles. The molecule has 1 atom stereocenters. The average molecular weight is 267 g/mol. The number of hydrogen-bond donors (Lipinski definition) is 1. The lowest BCUT2D eigenvalue weighted by molar-refractivity contribution is 0.562. The van der Waals surface area contributed by atoms with Gasteiger partial charge in [0.15, 0.2) is 0 Å². The highest BCUT2D eigenvalue weighted by molar-refractivity contribution is 5.47. The van der Waals surface area contributed by atoms with Gasteiger partial charge in [-0.25, -0.2) is 0 Å². The number of anilines is 1. The third-order valence-electron chi connectivity index (χ3n) is 3.26. The third-order valence-corrected chi connectivity index (χ3v) is 3.26. The van der Waals surface area contributed by atoms with Crippen LogP contribution < -0.4 is 5.32 Å². The Morgan fingerprint density at radius 3 is 3.00 bits per heavy atom. The Bertz CT molecular complexity index is 644. The van der Waals surface area contributed by atoms with E-state index in [4.69, 9.17) is 4.42 Å². The smallest absolute Gasteiger partial charge is 0.0955 e. The van der Waals surface area contributed by atoms with E-state index in [2.05, 4.69) is 41.6 Å². The molecule has 1 aromatic carbocycles. The Kier molecular flexibility index (Phi) is 3.54. The topological polar surface area (TPSA) is 43.0 Å². The van der Waals surface area contributed by atoms with E-state index >= 15 is 0 Å². The first-order valence-electron chi connectivity index (χ1n) is 6.66. The number of aromatic nitrogens is 2. The fourth-order valence-electron chi connectivity index (χ4n) is 2.20. The van der Waals surface area contributed by atoms with Crippen molar-refractivity contribution in [2.75, 3.05) is 5.32 Å². The zero-order valence-corrected chi connectivity index (χ0v) is 11.4. The van der Waals surface area contributed by atoms with Crippen LogP contribution in [0.1, 0.15) is 24.1 Å². The van der Waals surface area contributed by atoms with E-state index in [0.717, 1.165) is 17.8 Å². The molecule has 20 heavy (non-hydrogen) atoms. The summed E-state index contributed by atoms with van der Waals surface area (Å²) in [5.41, 5.74) is 3.46. The zero-order chi connectivity index (χ0) is 13.8. The molecule has 0 saturated carbocycles. The molecule has 0 aliphatic rings. The Hall–Kier alpha value is -2.49. The van der Waals surface area contributed by atoms with Crippen LogP contribution in [0.5, 0.6) is 0 Å². The first kappa shape index (κ1) is 12.5. The highest BCUT2D eigenvalue weighted by Crippen LogP contribution is 2.20. The summed E-state index contributed by atoms with van der Waals surface area (Å²) in [5.74, 6) is 0. The van der Waals surface area contributed by atoms with Crippen LogP contribution in [0.3, 0.4) is 0 Å². The highest BCUT2D eigenvalue weighted by Gasteiger charge is 2.06. The van der Waals surface area contributed by atoms with Crippen LogP contribution in [0, 0.1) is 0 Å². The predicted octanol–water partition coefficient (Wildman–Crippen LogP) is 3.70. The summed E-state index contributed by atoms with van der Waals surface area (Å²) in [5, 5.41) is 7.70. The lowest BCUT2D eigenvalue weighted by Crippen LogP contribution is -2.06. The molecule has 2 heterocycles. The van der Waals surface area contributed by atoms with Crippen molar-refractivity contribution >= 4 is 5.69 Å². The molecular weight excluding hydrogens is 250 g/mol. The summed E-state index contributed by atoms with van der Waals surface area (Å²) >= 11 is 0. The highest BCUT2D eigenvalue weighted by atomic mass is 16.3. The molecule has 0 spiro atoms. The molecule has 0 saturated heterocycles. The van der Waals surface area contributed by atoms with E-state index < -0.39 is 0 Å². The molecule has 0 bridgehead atoms. The van der Waals surface area contributed by atoms with E-state index in [-0.39, 0.29) is 6.04 Å². The number of nitrogens with one attached hydrogen (secondary N) is 1. The molecule has 0 fully saturated rings. The minimum absolute atomic E-state index is 0.216. The lowest BCUT2D eigenvalue weighted by atomic mass is 10.1.